The molecule has 0 atom stereocenters. The lowest BCUT2D eigenvalue weighted by atomic mass is 9.72. The number of piperidine rings is 1. The number of fused-ring (bicyclic) bond motifs is 2. The van der Waals surface area contributed by atoms with Crippen LogP contribution in [0.4, 0.5) is 19.0 Å². The van der Waals surface area contributed by atoms with Gasteiger partial charge in [0.25, 0.3) is 0 Å². The molecule has 1 aromatic heterocycles. The van der Waals surface area contributed by atoms with Crippen LogP contribution in [-0.2, 0) is 36.1 Å². The lowest BCUT2D eigenvalue weighted by Crippen LogP contribution is -2.60. The highest BCUT2D eigenvalue weighted by molar-refractivity contribution is 7.89. The third kappa shape index (κ3) is 5.36. The molecule has 1 spiro atoms. The smallest absolute Gasteiger partial charge is 0.355 e. The van der Waals surface area contributed by atoms with E-state index in [1.54, 1.807) is 23.4 Å². The maximum Gasteiger partial charge on any atom is 0.393 e. The molecule has 4 heterocycles. The molecule has 0 aliphatic carbocycles. The van der Waals surface area contributed by atoms with Crippen molar-refractivity contribution in [1.82, 2.24) is 19.2 Å². The van der Waals surface area contributed by atoms with Crippen molar-refractivity contribution < 1.29 is 21.6 Å². The number of rotatable bonds is 6. The molecule has 0 bridgehead atoms. The van der Waals surface area contributed by atoms with Crippen LogP contribution in [0.15, 0.2) is 42.7 Å². The molecule has 0 N–H and O–H groups in total. The summed E-state index contributed by atoms with van der Waals surface area (Å²) >= 11 is 0. The first-order chi connectivity index (χ1) is 18.5. The van der Waals surface area contributed by atoms with Crippen LogP contribution in [0.3, 0.4) is 0 Å². The third-order valence-corrected chi connectivity index (χ3v) is 10.3. The van der Waals surface area contributed by atoms with Crippen LogP contribution in [-0.4, -0.2) is 65.7 Å². The fourth-order valence-electron chi connectivity index (χ4n) is 6.25. The first-order valence-corrected chi connectivity index (χ1v) is 15.0. The van der Waals surface area contributed by atoms with Gasteiger partial charge in [0.15, 0.2) is 0 Å². The number of alkyl halides is 3. The first kappa shape index (κ1) is 26.5. The summed E-state index contributed by atoms with van der Waals surface area (Å²) in [5.74, 6) is 0.835. The molecule has 6 rings (SSSR count). The van der Waals surface area contributed by atoms with Crippen LogP contribution in [0, 0.1) is 5.41 Å². The van der Waals surface area contributed by atoms with E-state index in [9.17, 15) is 21.6 Å². The highest BCUT2D eigenvalue weighted by Gasteiger charge is 2.45. The van der Waals surface area contributed by atoms with Gasteiger partial charge in [0.2, 0.25) is 10.0 Å². The molecule has 208 valence electrons. The molecule has 3 aromatic rings. The van der Waals surface area contributed by atoms with Gasteiger partial charge in [-0.1, -0.05) is 24.3 Å². The molecule has 0 saturated carbocycles. The van der Waals surface area contributed by atoms with E-state index in [-0.39, 0.29) is 16.7 Å². The van der Waals surface area contributed by atoms with Crippen LogP contribution in [0.5, 0.6) is 0 Å². The van der Waals surface area contributed by atoms with Crippen molar-refractivity contribution in [3.8, 4) is 0 Å². The zero-order chi connectivity index (χ0) is 27.4. The van der Waals surface area contributed by atoms with E-state index in [0.717, 1.165) is 56.7 Å². The predicted molar refractivity (Wildman–Crippen MR) is 144 cm³/mol. The normalized spacial score (nSPS) is 19.9. The van der Waals surface area contributed by atoms with Crippen molar-refractivity contribution in [2.45, 2.75) is 52.0 Å². The van der Waals surface area contributed by atoms with Gasteiger partial charge in [-0.3, -0.25) is 4.90 Å². The quantitative estimate of drug-likeness (QED) is 0.443. The first-order valence-electron chi connectivity index (χ1n) is 13.4. The van der Waals surface area contributed by atoms with Gasteiger partial charge < -0.3 is 4.90 Å². The zero-order valence-electron chi connectivity index (χ0n) is 21.9. The number of sulfonamides is 1. The van der Waals surface area contributed by atoms with Gasteiger partial charge >= 0.3 is 6.18 Å². The maximum absolute atomic E-state index is 12.9. The summed E-state index contributed by atoms with van der Waals surface area (Å²) in [5, 5.41) is 0.674. The van der Waals surface area contributed by atoms with Crippen molar-refractivity contribution in [3.63, 3.8) is 0 Å². The lowest BCUT2D eigenvalue weighted by Gasteiger charge is -2.54. The Balaban J connectivity index is 1.07. The Kier molecular flexibility index (Phi) is 6.59. The van der Waals surface area contributed by atoms with Crippen molar-refractivity contribution in [1.29, 1.82) is 0 Å². The molecule has 7 nitrogen and oxygen atoms in total. The maximum atomic E-state index is 12.9. The molecule has 39 heavy (non-hydrogen) atoms. The minimum atomic E-state index is -4.26. The van der Waals surface area contributed by atoms with E-state index in [1.807, 2.05) is 0 Å². The van der Waals surface area contributed by atoms with Gasteiger partial charge in [-0.05, 0) is 67.2 Å². The summed E-state index contributed by atoms with van der Waals surface area (Å²) in [5.41, 5.74) is 4.48. The number of benzene rings is 2. The number of hydrogen-bond acceptors (Lipinski definition) is 6. The lowest BCUT2D eigenvalue weighted by molar-refractivity contribution is -0.127. The summed E-state index contributed by atoms with van der Waals surface area (Å²) in [7, 11) is -3.20. The van der Waals surface area contributed by atoms with E-state index in [0.29, 0.717) is 29.8 Å². The predicted octanol–water partition coefficient (Wildman–Crippen LogP) is 4.50. The number of aromatic nitrogens is 2. The van der Waals surface area contributed by atoms with E-state index < -0.39 is 22.6 Å². The molecular formula is C28H32F3N5O2S. The summed E-state index contributed by atoms with van der Waals surface area (Å²) in [6.07, 6.45) is -1.62. The van der Waals surface area contributed by atoms with Crippen molar-refractivity contribution in [3.05, 3.63) is 65.0 Å². The van der Waals surface area contributed by atoms with Gasteiger partial charge in [-0.25, -0.2) is 18.4 Å². The van der Waals surface area contributed by atoms with Crippen LogP contribution in [0.2, 0.25) is 0 Å². The number of likely N-dealkylation sites (tertiary alicyclic amines) is 1. The minimum Gasteiger partial charge on any atom is -0.355 e. The largest absolute Gasteiger partial charge is 0.393 e. The second kappa shape index (κ2) is 9.71. The Morgan fingerprint density at radius 3 is 2.38 bits per heavy atom. The number of hydrogen-bond donors (Lipinski definition) is 0. The Hall–Kier alpha value is -2.76. The van der Waals surface area contributed by atoms with E-state index in [4.69, 9.17) is 0 Å². The van der Waals surface area contributed by atoms with Gasteiger partial charge in [-0.15, -0.1) is 0 Å². The Labute approximate surface area is 226 Å². The Morgan fingerprint density at radius 2 is 1.67 bits per heavy atom. The van der Waals surface area contributed by atoms with Crippen molar-refractivity contribution >= 4 is 26.7 Å². The van der Waals surface area contributed by atoms with Gasteiger partial charge in [-0.2, -0.15) is 17.5 Å². The molecule has 2 aromatic carbocycles. The molecule has 0 amide bonds. The molecule has 0 radical (unpaired) electrons. The zero-order valence-corrected chi connectivity index (χ0v) is 22.7. The van der Waals surface area contributed by atoms with E-state index >= 15 is 0 Å². The summed E-state index contributed by atoms with van der Waals surface area (Å²) in [6.45, 7) is 7.06. The molecule has 3 aliphatic heterocycles. The number of anilines is 1. The fourth-order valence-corrected chi connectivity index (χ4v) is 7.29. The average Bonchev–Trinajstić information content (AvgIpc) is 3.31. The monoisotopic (exact) mass is 559 g/mol. The van der Waals surface area contributed by atoms with Crippen LogP contribution < -0.4 is 4.90 Å². The molecule has 11 heteroatoms. The molecule has 2 saturated heterocycles. The topological polar surface area (TPSA) is 69.6 Å². The number of halogens is 3. The molecular weight excluding hydrogens is 527 g/mol. The van der Waals surface area contributed by atoms with Crippen molar-refractivity contribution in [2.24, 2.45) is 5.41 Å². The van der Waals surface area contributed by atoms with Crippen LogP contribution >= 0.6 is 0 Å². The number of nitrogens with zero attached hydrogens (tertiary/aromatic N) is 5. The average molecular weight is 560 g/mol. The van der Waals surface area contributed by atoms with Crippen LogP contribution in [0.25, 0.3) is 10.9 Å². The van der Waals surface area contributed by atoms with Gasteiger partial charge in [0.1, 0.15) is 12.1 Å². The fraction of sp³-hybridized carbons (Fsp3) is 0.500. The van der Waals surface area contributed by atoms with E-state index in [1.165, 1.54) is 18.0 Å². The molecule has 0 unspecified atom stereocenters. The second-order valence-electron chi connectivity index (χ2n) is 11.2. The van der Waals surface area contributed by atoms with Crippen molar-refractivity contribution in [2.75, 3.05) is 36.8 Å². The Morgan fingerprint density at radius 1 is 0.949 bits per heavy atom. The Bertz CT molecular complexity index is 1490. The van der Waals surface area contributed by atoms with Crippen LogP contribution in [0.1, 0.15) is 42.0 Å². The molecule has 3 aliphatic rings. The summed E-state index contributed by atoms with van der Waals surface area (Å²) in [4.78, 5) is 13.3. The van der Waals surface area contributed by atoms with Gasteiger partial charge in [0, 0.05) is 43.5 Å². The minimum absolute atomic E-state index is 0.118. The second-order valence-corrected chi connectivity index (χ2v) is 13.5. The standard InChI is InChI=1S/C28H32F3N5O2S/c1-2-39(37,38)36-15-22-5-3-21(11-23(22)16-36)14-34-9-7-27(8-10-34)17-35(18-27)26-24-12-20(13-28(29,30)31)4-6-25(24)32-19-33-26/h3-6,11-12,19H,2,7-10,13-18H2,1H3. The highest BCUT2D eigenvalue weighted by atomic mass is 32.2. The SMILES string of the molecule is CCS(=O)(=O)N1Cc2ccc(CN3CCC4(CC3)CN(c3ncnc5ccc(CC(F)(F)F)cc35)C4)cc2C1. The summed E-state index contributed by atoms with van der Waals surface area (Å²) in [6, 6.07) is 11.1. The van der Waals surface area contributed by atoms with Gasteiger partial charge in [0.05, 0.1) is 17.7 Å². The molecule has 2 fully saturated rings. The highest BCUT2D eigenvalue weighted by Crippen LogP contribution is 2.44. The third-order valence-electron chi connectivity index (χ3n) is 8.48. The summed E-state index contributed by atoms with van der Waals surface area (Å²) < 4.78 is 65.0. The van der Waals surface area contributed by atoms with E-state index in [2.05, 4.69) is 38.0 Å².